The molecule has 0 bridgehead atoms. The molecule has 0 unspecified atom stereocenters. The van der Waals surface area contributed by atoms with Crippen molar-refractivity contribution in [2.75, 3.05) is 18.1 Å². The van der Waals surface area contributed by atoms with E-state index in [2.05, 4.69) is 4.98 Å². The van der Waals surface area contributed by atoms with E-state index >= 15 is 0 Å². The summed E-state index contributed by atoms with van der Waals surface area (Å²) in [5.41, 5.74) is 1.16. The number of aromatic nitrogens is 1. The summed E-state index contributed by atoms with van der Waals surface area (Å²) in [7, 11) is 0. The zero-order valence-corrected chi connectivity index (χ0v) is 15.0. The molecule has 3 rings (SSSR count). The molecule has 25 heavy (non-hydrogen) atoms. The quantitative estimate of drug-likeness (QED) is 0.672. The van der Waals surface area contributed by atoms with Gasteiger partial charge in [-0.25, -0.2) is 4.98 Å². The number of hydrogen-bond donors (Lipinski definition) is 0. The number of anilines is 1. The van der Waals surface area contributed by atoms with Crippen LogP contribution in [0.4, 0.5) is 5.13 Å². The van der Waals surface area contributed by atoms with Crippen LogP contribution >= 0.6 is 22.9 Å². The maximum atomic E-state index is 12.6. The largest absolute Gasteiger partial charge is 0.482 e. The first-order valence-electron chi connectivity index (χ1n) is 7.60. The molecule has 7 heteroatoms. The Morgan fingerprint density at radius 3 is 2.92 bits per heavy atom. The van der Waals surface area contributed by atoms with Gasteiger partial charge in [0.05, 0.1) is 15.8 Å². The highest BCUT2D eigenvalue weighted by atomic mass is 35.5. The van der Waals surface area contributed by atoms with Crippen LogP contribution in [0, 0.1) is 11.3 Å². The van der Waals surface area contributed by atoms with E-state index < -0.39 is 0 Å². The number of benzene rings is 2. The van der Waals surface area contributed by atoms with E-state index in [0.717, 1.165) is 10.2 Å². The van der Waals surface area contributed by atoms with Gasteiger partial charge in [0.15, 0.2) is 11.7 Å². The molecule has 1 heterocycles. The summed E-state index contributed by atoms with van der Waals surface area (Å²) in [5.74, 6) is 0.172. The molecule has 0 atom stereocenters. The zero-order valence-electron chi connectivity index (χ0n) is 13.4. The Kier molecular flexibility index (Phi) is 5.17. The third kappa shape index (κ3) is 3.73. The van der Waals surface area contributed by atoms with Gasteiger partial charge in [0.1, 0.15) is 11.8 Å². The van der Waals surface area contributed by atoms with Crippen molar-refractivity contribution >= 4 is 44.2 Å². The van der Waals surface area contributed by atoms with Gasteiger partial charge >= 0.3 is 0 Å². The summed E-state index contributed by atoms with van der Waals surface area (Å²) in [4.78, 5) is 18.6. The van der Waals surface area contributed by atoms with Crippen LogP contribution in [0.1, 0.15) is 12.5 Å². The highest BCUT2D eigenvalue weighted by Crippen LogP contribution is 2.30. The Morgan fingerprint density at radius 1 is 1.36 bits per heavy atom. The number of nitrogens with zero attached hydrogens (tertiary/aromatic N) is 3. The molecule has 2 aromatic carbocycles. The van der Waals surface area contributed by atoms with Crippen LogP contribution in [0.5, 0.6) is 5.75 Å². The lowest BCUT2D eigenvalue weighted by Gasteiger charge is -2.18. The molecule has 0 aliphatic heterocycles. The molecule has 0 fully saturated rings. The normalized spacial score (nSPS) is 10.4. The van der Waals surface area contributed by atoms with E-state index in [9.17, 15) is 4.79 Å². The number of halogens is 1. The van der Waals surface area contributed by atoms with Crippen LogP contribution in [-0.2, 0) is 4.79 Å². The van der Waals surface area contributed by atoms with Crippen molar-refractivity contribution in [2.45, 2.75) is 6.92 Å². The topological polar surface area (TPSA) is 66.2 Å². The number of ether oxygens (including phenoxy) is 1. The highest BCUT2D eigenvalue weighted by Gasteiger charge is 2.19. The van der Waals surface area contributed by atoms with Crippen LogP contribution < -0.4 is 9.64 Å². The Labute approximate surface area is 154 Å². The monoisotopic (exact) mass is 371 g/mol. The van der Waals surface area contributed by atoms with Crippen molar-refractivity contribution in [1.82, 2.24) is 4.98 Å². The summed E-state index contributed by atoms with van der Waals surface area (Å²) in [6.07, 6.45) is 0. The van der Waals surface area contributed by atoms with Crippen molar-refractivity contribution < 1.29 is 9.53 Å². The van der Waals surface area contributed by atoms with E-state index in [0.29, 0.717) is 28.0 Å². The van der Waals surface area contributed by atoms with Crippen molar-refractivity contribution in [1.29, 1.82) is 5.26 Å². The van der Waals surface area contributed by atoms with Gasteiger partial charge in [-0.05, 0) is 37.3 Å². The predicted octanol–water partition coefficient (Wildman–Crippen LogP) is 4.25. The number of amides is 1. The fraction of sp³-hybridized carbons (Fsp3) is 0.167. The van der Waals surface area contributed by atoms with Crippen LogP contribution in [-0.4, -0.2) is 24.0 Å². The minimum atomic E-state index is -0.222. The molecular weight excluding hydrogens is 358 g/mol. The molecule has 5 nitrogen and oxygen atoms in total. The standard InChI is InChI=1S/C18H14ClN3O2S/c1-2-22(18-21-14-9-13(19)7-8-16(14)25-18)17(23)11-24-15-6-4-3-5-12(15)10-20/h3-9H,2,11H2,1H3. The summed E-state index contributed by atoms with van der Waals surface area (Å²) in [6, 6.07) is 14.3. The number of fused-ring (bicyclic) bond motifs is 1. The molecule has 0 aliphatic carbocycles. The molecule has 126 valence electrons. The molecule has 0 N–H and O–H groups in total. The number of nitriles is 1. The molecule has 0 spiro atoms. The maximum Gasteiger partial charge on any atom is 0.266 e. The number of carbonyl (C=O) groups excluding carboxylic acids is 1. The fourth-order valence-electron chi connectivity index (χ4n) is 2.32. The van der Waals surface area contributed by atoms with Crippen LogP contribution in [0.3, 0.4) is 0 Å². The first-order chi connectivity index (χ1) is 12.1. The smallest absolute Gasteiger partial charge is 0.266 e. The molecular formula is C18H14ClN3O2S. The number of rotatable bonds is 5. The summed E-state index contributed by atoms with van der Waals surface area (Å²) < 4.78 is 6.49. The van der Waals surface area contributed by atoms with E-state index in [1.54, 1.807) is 41.3 Å². The number of likely N-dealkylation sites (N-methyl/N-ethyl adjacent to an activating group) is 1. The maximum absolute atomic E-state index is 12.6. The number of thiazole rings is 1. The Balaban J connectivity index is 1.77. The van der Waals surface area contributed by atoms with Gasteiger partial charge in [-0.1, -0.05) is 35.1 Å². The van der Waals surface area contributed by atoms with Crippen molar-refractivity contribution in [3.8, 4) is 11.8 Å². The van der Waals surface area contributed by atoms with E-state index in [4.69, 9.17) is 21.6 Å². The highest BCUT2D eigenvalue weighted by molar-refractivity contribution is 7.22. The van der Waals surface area contributed by atoms with Gasteiger partial charge in [-0.3, -0.25) is 9.69 Å². The SMILES string of the molecule is CCN(C(=O)COc1ccccc1C#N)c1nc2cc(Cl)ccc2s1. The second kappa shape index (κ2) is 7.51. The first kappa shape index (κ1) is 17.2. The van der Waals surface area contributed by atoms with Gasteiger partial charge < -0.3 is 4.74 Å². The number of para-hydroxylation sites is 1. The van der Waals surface area contributed by atoms with Crippen molar-refractivity contribution in [3.63, 3.8) is 0 Å². The number of carbonyl (C=O) groups is 1. The zero-order chi connectivity index (χ0) is 17.8. The van der Waals surface area contributed by atoms with Crippen molar-refractivity contribution in [2.24, 2.45) is 0 Å². The molecule has 0 radical (unpaired) electrons. The molecule has 0 aliphatic rings. The van der Waals surface area contributed by atoms with Crippen molar-refractivity contribution in [3.05, 3.63) is 53.1 Å². The lowest BCUT2D eigenvalue weighted by atomic mass is 10.2. The second-order valence-corrected chi connectivity index (χ2v) is 6.59. The van der Waals surface area contributed by atoms with E-state index in [1.807, 2.05) is 19.1 Å². The lowest BCUT2D eigenvalue weighted by Crippen LogP contribution is -2.34. The van der Waals surface area contributed by atoms with Gasteiger partial charge in [0, 0.05) is 11.6 Å². The summed E-state index contributed by atoms with van der Waals surface area (Å²) >= 11 is 7.41. The molecule has 0 saturated carbocycles. The van der Waals surface area contributed by atoms with Crippen LogP contribution in [0.15, 0.2) is 42.5 Å². The minimum Gasteiger partial charge on any atom is -0.482 e. The fourth-order valence-corrected chi connectivity index (χ4v) is 3.52. The van der Waals surface area contributed by atoms with E-state index in [-0.39, 0.29) is 12.5 Å². The minimum absolute atomic E-state index is 0.163. The molecule has 0 saturated heterocycles. The third-order valence-corrected chi connectivity index (χ3v) is 4.84. The lowest BCUT2D eigenvalue weighted by molar-refractivity contribution is -0.120. The van der Waals surface area contributed by atoms with Gasteiger partial charge in [-0.2, -0.15) is 5.26 Å². The Bertz CT molecular complexity index is 964. The van der Waals surface area contributed by atoms with Crippen LogP contribution in [0.25, 0.3) is 10.2 Å². The van der Waals surface area contributed by atoms with Crippen LogP contribution in [0.2, 0.25) is 5.02 Å². The summed E-state index contributed by atoms with van der Waals surface area (Å²) in [6.45, 7) is 2.18. The molecule has 1 amide bonds. The molecule has 1 aromatic heterocycles. The average Bonchev–Trinajstić information content (AvgIpc) is 3.03. The second-order valence-electron chi connectivity index (χ2n) is 5.14. The van der Waals surface area contributed by atoms with Gasteiger partial charge in [0.25, 0.3) is 5.91 Å². The number of hydrogen-bond acceptors (Lipinski definition) is 5. The Morgan fingerprint density at radius 2 is 2.16 bits per heavy atom. The van der Waals surface area contributed by atoms with Gasteiger partial charge in [0.2, 0.25) is 0 Å². The third-order valence-electron chi connectivity index (χ3n) is 3.55. The first-order valence-corrected chi connectivity index (χ1v) is 8.80. The Hall–Kier alpha value is -2.62. The molecule has 3 aromatic rings. The van der Waals surface area contributed by atoms with E-state index in [1.165, 1.54) is 11.3 Å². The van der Waals surface area contributed by atoms with Gasteiger partial charge in [-0.15, -0.1) is 0 Å². The predicted molar refractivity (Wildman–Crippen MR) is 99.3 cm³/mol. The summed E-state index contributed by atoms with van der Waals surface area (Å²) in [5, 5.41) is 10.3. The average molecular weight is 372 g/mol.